The van der Waals surface area contributed by atoms with E-state index in [0.29, 0.717) is 75.3 Å². The number of hydrogen-bond donors (Lipinski definition) is 1. The molecular formula is C50H60FN5O6. The minimum atomic E-state index is -0.643. The maximum atomic E-state index is 13.2. The number of piperazine rings is 1. The van der Waals surface area contributed by atoms with Crippen LogP contribution in [0.15, 0.2) is 90.0 Å². The highest BCUT2D eigenvalue weighted by atomic mass is 19.3. The molecule has 2 saturated heterocycles. The van der Waals surface area contributed by atoms with Crippen LogP contribution < -0.4 is 15.0 Å². The third-order valence-corrected chi connectivity index (χ3v) is 13.6. The second kappa shape index (κ2) is 18.6. The lowest BCUT2D eigenvalue weighted by Crippen LogP contribution is -2.66. The van der Waals surface area contributed by atoms with Gasteiger partial charge in [0.25, 0.3) is 5.91 Å². The molecule has 1 N–H and O–H groups in total. The molecule has 2 fully saturated rings. The zero-order valence-electron chi connectivity index (χ0n) is 36.5. The first-order chi connectivity index (χ1) is 30.0. The number of nitrogens with one attached hydrogen (secondary N) is 1. The van der Waals surface area contributed by atoms with Crippen molar-refractivity contribution >= 4 is 29.3 Å². The largest absolute Gasteiger partial charge is 0.489 e. The summed E-state index contributed by atoms with van der Waals surface area (Å²) in [6.07, 6.45) is 8.94. The van der Waals surface area contributed by atoms with Crippen LogP contribution in [-0.2, 0) is 25.9 Å². The van der Waals surface area contributed by atoms with Gasteiger partial charge in [0.2, 0.25) is 17.7 Å². The van der Waals surface area contributed by atoms with E-state index in [1.165, 1.54) is 27.8 Å². The molecule has 4 amide bonds. The summed E-state index contributed by atoms with van der Waals surface area (Å²) in [4.78, 5) is 62.5. The zero-order chi connectivity index (χ0) is 43.5. The highest BCUT2D eigenvalue weighted by molar-refractivity contribution is 6.06. The SMILES string of the molecule is CCCN(CCC)CC(=O)N1CCN2c3cc4c(cc3OCC2(C)C1)C(=O)N(C1CCC(=O)NC1=O)C4.Cc1ccc(C2C3=C(CCC2c2ccccc2)CC(OF)C=C3)cc1. The van der Waals surface area contributed by atoms with E-state index in [0.717, 1.165) is 50.0 Å². The Hall–Kier alpha value is -5.33. The minimum Gasteiger partial charge on any atom is -0.489 e. The molecule has 12 heteroatoms. The highest BCUT2D eigenvalue weighted by Crippen LogP contribution is 2.50. The van der Waals surface area contributed by atoms with Gasteiger partial charge in [-0.25, -0.2) is 0 Å². The van der Waals surface area contributed by atoms with Crippen molar-refractivity contribution in [3.63, 3.8) is 0 Å². The lowest BCUT2D eigenvalue weighted by Gasteiger charge is -2.52. The number of carbonyl (C=O) groups is 4. The molecule has 4 heterocycles. The fraction of sp³-hybridized carbons (Fsp3) is 0.480. The van der Waals surface area contributed by atoms with Gasteiger partial charge < -0.3 is 19.4 Å². The van der Waals surface area contributed by atoms with Gasteiger partial charge in [-0.3, -0.25) is 29.4 Å². The summed E-state index contributed by atoms with van der Waals surface area (Å²) < 4.78 is 18.9. The number of imide groups is 1. The van der Waals surface area contributed by atoms with Gasteiger partial charge in [-0.15, -0.1) is 0 Å². The molecule has 3 aromatic carbocycles. The van der Waals surface area contributed by atoms with Gasteiger partial charge in [-0.1, -0.05) is 91.7 Å². The molecule has 0 spiro atoms. The fourth-order valence-corrected chi connectivity index (χ4v) is 10.5. The molecule has 3 aromatic rings. The molecule has 2 aliphatic carbocycles. The smallest absolute Gasteiger partial charge is 0.255 e. The highest BCUT2D eigenvalue weighted by Gasteiger charge is 2.46. The summed E-state index contributed by atoms with van der Waals surface area (Å²) in [5.74, 6) is 0.680. The van der Waals surface area contributed by atoms with Crippen LogP contribution in [0, 0.1) is 6.92 Å². The molecule has 62 heavy (non-hydrogen) atoms. The number of benzene rings is 3. The number of rotatable bonds is 10. The first kappa shape index (κ1) is 43.3. The summed E-state index contributed by atoms with van der Waals surface area (Å²) in [5.41, 5.74) is 8.67. The lowest BCUT2D eigenvalue weighted by molar-refractivity contribution is -0.161. The zero-order valence-corrected chi connectivity index (χ0v) is 36.5. The maximum Gasteiger partial charge on any atom is 0.255 e. The van der Waals surface area contributed by atoms with Crippen LogP contribution in [0.4, 0.5) is 10.2 Å². The van der Waals surface area contributed by atoms with Gasteiger partial charge in [0.1, 0.15) is 24.5 Å². The molecule has 4 aliphatic heterocycles. The number of hydrogen-bond acceptors (Lipinski definition) is 8. The van der Waals surface area contributed by atoms with Gasteiger partial charge in [0, 0.05) is 50.5 Å². The summed E-state index contributed by atoms with van der Waals surface area (Å²) in [7, 11) is 0. The quantitative estimate of drug-likeness (QED) is 0.209. The second-order valence-corrected chi connectivity index (χ2v) is 18.1. The number of halogens is 1. The normalized spacial score (nSPS) is 25.3. The maximum absolute atomic E-state index is 13.2. The molecule has 11 nitrogen and oxygen atoms in total. The van der Waals surface area contributed by atoms with E-state index in [1.807, 2.05) is 17.0 Å². The van der Waals surface area contributed by atoms with E-state index < -0.39 is 18.1 Å². The average Bonchev–Trinajstić information content (AvgIpc) is 3.59. The van der Waals surface area contributed by atoms with E-state index >= 15 is 0 Å². The Morgan fingerprint density at radius 3 is 2.44 bits per heavy atom. The summed E-state index contributed by atoms with van der Waals surface area (Å²) in [5, 5.41) is 2.35. The molecule has 0 aromatic heterocycles. The minimum absolute atomic E-state index is 0.160. The van der Waals surface area contributed by atoms with Crippen LogP contribution >= 0.6 is 0 Å². The Kier molecular flexibility index (Phi) is 13.0. The fourth-order valence-electron chi connectivity index (χ4n) is 10.5. The van der Waals surface area contributed by atoms with Crippen molar-refractivity contribution < 1.29 is 33.4 Å². The molecule has 0 bridgehead atoms. The predicted molar refractivity (Wildman–Crippen MR) is 236 cm³/mol. The van der Waals surface area contributed by atoms with Crippen LogP contribution in [-0.4, -0.2) is 102 Å². The van der Waals surface area contributed by atoms with Crippen molar-refractivity contribution in [2.24, 2.45) is 0 Å². The van der Waals surface area contributed by atoms with Gasteiger partial charge in [0.05, 0.1) is 17.8 Å². The number of anilines is 1. The standard InChI is InChI=1S/C27H37N5O5.C23H23FO/c1-4-8-29(9-5-2)15-24(34)30-10-11-32-21-12-18-14-31(20-6-7-23(33)28-25(20)35)26(36)19(18)13-22(21)37-17-27(32,3)16-30;1-16-7-9-18(10-8-16)23-21(17-5-3-2-4-6-17)13-11-19-15-20(25-24)12-14-22(19)23/h12-13,20H,4-11,14-17H2,1-3H3,(H,28,33,35);2-10,12,14,20-21,23H,11,13,15H2,1H3. The van der Waals surface area contributed by atoms with E-state index in [9.17, 15) is 23.7 Å². The third kappa shape index (κ3) is 8.81. The molecule has 6 aliphatic rings. The Morgan fingerprint density at radius 1 is 0.968 bits per heavy atom. The monoisotopic (exact) mass is 845 g/mol. The first-order valence-electron chi connectivity index (χ1n) is 22.5. The third-order valence-electron chi connectivity index (χ3n) is 13.6. The summed E-state index contributed by atoms with van der Waals surface area (Å²) >= 11 is 0. The van der Waals surface area contributed by atoms with Crippen molar-refractivity contribution in [2.75, 3.05) is 50.8 Å². The van der Waals surface area contributed by atoms with Crippen molar-refractivity contribution in [1.82, 2.24) is 20.0 Å². The van der Waals surface area contributed by atoms with Crippen LogP contribution in [0.3, 0.4) is 0 Å². The molecule has 328 valence electrons. The molecular weight excluding hydrogens is 786 g/mol. The second-order valence-electron chi connectivity index (χ2n) is 18.1. The molecule has 0 radical (unpaired) electrons. The summed E-state index contributed by atoms with van der Waals surface area (Å²) in [6.45, 7) is 13.5. The number of allylic oxidation sites excluding steroid dienone is 2. The number of piperidine rings is 1. The van der Waals surface area contributed by atoms with Crippen LogP contribution in [0.5, 0.6) is 5.75 Å². The van der Waals surface area contributed by atoms with Crippen LogP contribution in [0.2, 0.25) is 0 Å². The van der Waals surface area contributed by atoms with Gasteiger partial charge in [-0.2, -0.15) is 4.94 Å². The van der Waals surface area contributed by atoms with Gasteiger partial charge in [0.15, 0.2) is 0 Å². The molecule has 5 atom stereocenters. The van der Waals surface area contributed by atoms with Crippen molar-refractivity contribution in [3.05, 3.63) is 118 Å². The Morgan fingerprint density at radius 2 is 1.73 bits per heavy atom. The van der Waals surface area contributed by atoms with Gasteiger partial charge in [-0.05, 0) is 104 Å². The van der Waals surface area contributed by atoms with Crippen molar-refractivity contribution in [2.45, 2.75) is 109 Å². The Bertz CT molecular complexity index is 2220. The first-order valence-corrected chi connectivity index (χ1v) is 22.5. The Balaban J connectivity index is 0.000000184. The molecule has 5 unspecified atom stereocenters. The topological polar surface area (TPSA) is 112 Å². The molecule has 9 rings (SSSR count). The number of fused-ring (bicyclic) bond motifs is 4. The Labute approximate surface area is 364 Å². The van der Waals surface area contributed by atoms with Crippen LogP contribution in [0.25, 0.3) is 0 Å². The summed E-state index contributed by atoms with van der Waals surface area (Å²) in [6, 6.07) is 22.8. The number of ether oxygens (including phenoxy) is 1. The molecule has 0 saturated carbocycles. The van der Waals surface area contributed by atoms with Crippen molar-refractivity contribution in [1.29, 1.82) is 0 Å². The van der Waals surface area contributed by atoms with Crippen molar-refractivity contribution in [3.8, 4) is 5.75 Å². The average molecular weight is 846 g/mol. The number of carbonyl (C=O) groups excluding carboxylic acids is 4. The van der Waals surface area contributed by atoms with Gasteiger partial charge >= 0.3 is 0 Å². The number of nitrogens with zero attached hydrogens (tertiary/aromatic N) is 4. The van der Waals surface area contributed by atoms with Crippen LogP contribution in [0.1, 0.15) is 110 Å². The number of aryl methyl sites for hydroxylation is 1. The van der Waals surface area contributed by atoms with E-state index in [4.69, 9.17) is 4.74 Å². The van der Waals surface area contributed by atoms with E-state index in [2.05, 4.69) is 108 Å². The van der Waals surface area contributed by atoms with E-state index in [-0.39, 0.29) is 29.7 Å². The predicted octanol–water partition coefficient (Wildman–Crippen LogP) is 7.55. The lowest BCUT2D eigenvalue weighted by atomic mass is 9.67. The van der Waals surface area contributed by atoms with E-state index in [1.54, 1.807) is 11.0 Å². The number of amides is 4.